The minimum atomic E-state index is 0.559. The molecule has 2 aliphatic rings. The van der Waals surface area contributed by atoms with Crippen molar-refractivity contribution in [2.45, 2.75) is 45.6 Å². The average Bonchev–Trinajstić information content (AvgIpc) is 2.88. The molecule has 0 aromatic carbocycles. The van der Waals surface area contributed by atoms with E-state index >= 15 is 0 Å². The van der Waals surface area contributed by atoms with Crippen molar-refractivity contribution in [1.82, 2.24) is 9.80 Å². The first-order valence-corrected chi connectivity index (χ1v) is 7.80. The fourth-order valence-electron chi connectivity index (χ4n) is 2.88. The molecule has 106 valence electrons. The number of rotatable bonds is 6. The van der Waals surface area contributed by atoms with E-state index in [4.69, 9.17) is 4.74 Å². The number of piperazine rings is 1. The molecule has 0 N–H and O–H groups in total. The Balaban J connectivity index is 1.55. The molecule has 1 atom stereocenters. The molecular formula is C15H30N2O. The Morgan fingerprint density at radius 3 is 2.28 bits per heavy atom. The Morgan fingerprint density at radius 1 is 1.06 bits per heavy atom. The fourth-order valence-corrected chi connectivity index (χ4v) is 2.88. The largest absolute Gasteiger partial charge is 0.378 e. The maximum atomic E-state index is 5.69. The van der Waals surface area contributed by atoms with Crippen molar-refractivity contribution < 1.29 is 4.74 Å². The zero-order chi connectivity index (χ0) is 12.8. The highest BCUT2D eigenvalue weighted by Crippen LogP contribution is 2.16. The summed E-state index contributed by atoms with van der Waals surface area (Å²) in [5.74, 6) is 0.836. The molecular weight excluding hydrogens is 224 g/mol. The Morgan fingerprint density at radius 2 is 1.72 bits per heavy atom. The number of hydrogen-bond donors (Lipinski definition) is 0. The van der Waals surface area contributed by atoms with Gasteiger partial charge in [-0.25, -0.2) is 0 Å². The van der Waals surface area contributed by atoms with Crippen LogP contribution in [-0.4, -0.2) is 61.8 Å². The van der Waals surface area contributed by atoms with Gasteiger partial charge in [-0.1, -0.05) is 13.8 Å². The van der Waals surface area contributed by atoms with Crippen molar-refractivity contribution in [2.24, 2.45) is 5.92 Å². The fraction of sp³-hybridized carbons (Fsp3) is 1.00. The molecule has 3 heteroatoms. The molecule has 0 spiro atoms. The molecule has 0 aromatic rings. The van der Waals surface area contributed by atoms with Gasteiger partial charge in [0, 0.05) is 39.3 Å². The van der Waals surface area contributed by atoms with Gasteiger partial charge in [0.05, 0.1) is 6.10 Å². The molecule has 18 heavy (non-hydrogen) atoms. The third-order valence-corrected chi connectivity index (χ3v) is 4.28. The van der Waals surface area contributed by atoms with Gasteiger partial charge in [-0.05, 0) is 38.1 Å². The summed E-state index contributed by atoms with van der Waals surface area (Å²) >= 11 is 0. The van der Waals surface area contributed by atoms with Crippen molar-refractivity contribution in [3.8, 4) is 0 Å². The Hall–Kier alpha value is -0.120. The minimum absolute atomic E-state index is 0.559. The van der Waals surface area contributed by atoms with E-state index in [2.05, 4.69) is 23.6 Å². The summed E-state index contributed by atoms with van der Waals surface area (Å²) < 4.78 is 5.69. The topological polar surface area (TPSA) is 15.7 Å². The highest BCUT2D eigenvalue weighted by Gasteiger charge is 2.20. The third-order valence-electron chi connectivity index (χ3n) is 4.28. The lowest BCUT2D eigenvalue weighted by Crippen LogP contribution is -2.47. The predicted octanol–water partition coefficient (Wildman–Crippen LogP) is 2.22. The molecule has 0 saturated carbocycles. The normalized spacial score (nSPS) is 27.2. The summed E-state index contributed by atoms with van der Waals surface area (Å²) in [6.45, 7) is 13.2. The van der Waals surface area contributed by atoms with Gasteiger partial charge in [-0.3, -0.25) is 0 Å². The van der Waals surface area contributed by atoms with Crippen LogP contribution in [-0.2, 0) is 4.74 Å². The quantitative estimate of drug-likeness (QED) is 0.723. The van der Waals surface area contributed by atoms with E-state index in [9.17, 15) is 0 Å². The molecule has 2 heterocycles. The van der Waals surface area contributed by atoms with Gasteiger partial charge in [0.1, 0.15) is 0 Å². The molecule has 2 rings (SSSR count). The Labute approximate surface area is 112 Å². The van der Waals surface area contributed by atoms with Gasteiger partial charge in [0.25, 0.3) is 0 Å². The first-order chi connectivity index (χ1) is 8.74. The molecule has 0 radical (unpaired) electrons. The van der Waals surface area contributed by atoms with Crippen molar-refractivity contribution in [1.29, 1.82) is 0 Å². The summed E-state index contributed by atoms with van der Waals surface area (Å²) in [4.78, 5) is 5.25. The molecule has 0 aliphatic carbocycles. The van der Waals surface area contributed by atoms with E-state index < -0.39 is 0 Å². The first kappa shape index (κ1) is 14.3. The van der Waals surface area contributed by atoms with Crippen LogP contribution in [0.2, 0.25) is 0 Å². The third kappa shape index (κ3) is 4.87. The zero-order valence-corrected chi connectivity index (χ0v) is 12.2. The van der Waals surface area contributed by atoms with Crippen LogP contribution in [0.3, 0.4) is 0 Å². The lowest BCUT2D eigenvalue weighted by Gasteiger charge is -2.35. The second-order valence-corrected chi connectivity index (χ2v) is 6.29. The molecule has 0 amide bonds. The van der Waals surface area contributed by atoms with Crippen molar-refractivity contribution in [2.75, 3.05) is 45.9 Å². The van der Waals surface area contributed by atoms with Crippen LogP contribution in [0.15, 0.2) is 0 Å². The molecule has 0 bridgehead atoms. The van der Waals surface area contributed by atoms with Gasteiger partial charge in [-0.2, -0.15) is 0 Å². The number of hydrogen-bond acceptors (Lipinski definition) is 3. The van der Waals surface area contributed by atoms with Crippen LogP contribution in [0.25, 0.3) is 0 Å². The minimum Gasteiger partial charge on any atom is -0.378 e. The molecule has 2 aliphatic heterocycles. The number of ether oxygens (including phenoxy) is 1. The first-order valence-electron chi connectivity index (χ1n) is 7.80. The molecule has 2 fully saturated rings. The van der Waals surface area contributed by atoms with Crippen LogP contribution < -0.4 is 0 Å². The smallest absolute Gasteiger partial charge is 0.0588 e. The standard InChI is InChI=1S/C15H30N2O/c1-14(2)5-7-16-9-11-17(12-10-16)8-6-15-4-3-13-18-15/h14-15H,3-13H2,1-2H3/t15-/m0/s1. The lowest BCUT2D eigenvalue weighted by atomic mass is 10.1. The highest BCUT2D eigenvalue weighted by atomic mass is 16.5. The molecule has 3 nitrogen and oxygen atoms in total. The second kappa shape index (κ2) is 7.46. The maximum Gasteiger partial charge on any atom is 0.0588 e. The zero-order valence-electron chi connectivity index (χ0n) is 12.2. The highest BCUT2D eigenvalue weighted by molar-refractivity contribution is 4.74. The van der Waals surface area contributed by atoms with Gasteiger partial charge in [0.15, 0.2) is 0 Å². The van der Waals surface area contributed by atoms with Crippen LogP contribution in [0.4, 0.5) is 0 Å². The van der Waals surface area contributed by atoms with Crippen LogP contribution >= 0.6 is 0 Å². The van der Waals surface area contributed by atoms with Gasteiger partial charge < -0.3 is 14.5 Å². The van der Waals surface area contributed by atoms with Gasteiger partial charge in [0.2, 0.25) is 0 Å². The Bertz CT molecular complexity index is 219. The predicted molar refractivity (Wildman–Crippen MR) is 75.9 cm³/mol. The molecule has 0 unspecified atom stereocenters. The van der Waals surface area contributed by atoms with Gasteiger partial charge in [-0.15, -0.1) is 0 Å². The lowest BCUT2D eigenvalue weighted by molar-refractivity contribution is 0.0767. The van der Waals surface area contributed by atoms with E-state index in [-0.39, 0.29) is 0 Å². The number of nitrogens with zero attached hydrogens (tertiary/aromatic N) is 2. The average molecular weight is 254 g/mol. The maximum absolute atomic E-state index is 5.69. The summed E-state index contributed by atoms with van der Waals surface area (Å²) in [6, 6.07) is 0. The van der Waals surface area contributed by atoms with Crippen LogP contribution in [0.5, 0.6) is 0 Å². The van der Waals surface area contributed by atoms with Crippen LogP contribution in [0.1, 0.15) is 39.5 Å². The van der Waals surface area contributed by atoms with Crippen molar-refractivity contribution in [3.63, 3.8) is 0 Å². The van der Waals surface area contributed by atoms with E-state index in [0.717, 1.165) is 12.5 Å². The summed E-state index contributed by atoms with van der Waals surface area (Å²) in [5.41, 5.74) is 0. The van der Waals surface area contributed by atoms with Crippen molar-refractivity contribution in [3.05, 3.63) is 0 Å². The summed E-state index contributed by atoms with van der Waals surface area (Å²) in [5, 5.41) is 0. The van der Waals surface area contributed by atoms with Gasteiger partial charge >= 0.3 is 0 Å². The summed E-state index contributed by atoms with van der Waals surface area (Å²) in [7, 11) is 0. The van der Waals surface area contributed by atoms with E-state index in [1.54, 1.807) is 0 Å². The van der Waals surface area contributed by atoms with Crippen molar-refractivity contribution >= 4 is 0 Å². The van der Waals surface area contributed by atoms with Crippen LogP contribution in [0, 0.1) is 5.92 Å². The Kier molecular flexibility index (Phi) is 5.93. The monoisotopic (exact) mass is 254 g/mol. The van der Waals surface area contributed by atoms with E-state index in [1.165, 1.54) is 65.0 Å². The second-order valence-electron chi connectivity index (χ2n) is 6.29. The van der Waals surface area contributed by atoms with E-state index in [1.807, 2.05) is 0 Å². The van der Waals surface area contributed by atoms with E-state index in [0.29, 0.717) is 6.10 Å². The molecule has 2 saturated heterocycles. The molecule has 0 aromatic heterocycles. The SMILES string of the molecule is CC(C)CCN1CCN(CC[C@@H]2CCCO2)CC1. The summed E-state index contributed by atoms with van der Waals surface area (Å²) in [6.07, 6.45) is 5.70.